The molecule has 0 aliphatic heterocycles. The van der Waals surface area contributed by atoms with Crippen molar-refractivity contribution in [2.45, 2.75) is 23.7 Å². The van der Waals surface area contributed by atoms with Gasteiger partial charge in [-0.05, 0) is 54.1 Å². The molecule has 0 saturated carbocycles. The maximum Gasteiger partial charge on any atom is 0.416 e. The molecule has 2 aromatic heterocycles. The zero-order chi connectivity index (χ0) is 24.1. The van der Waals surface area contributed by atoms with E-state index in [2.05, 4.69) is 25.8 Å². The number of rotatable bonds is 7. The van der Waals surface area contributed by atoms with Crippen LogP contribution < -0.4 is 10.6 Å². The van der Waals surface area contributed by atoms with Crippen LogP contribution in [0.3, 0.4) is 0 Å². The lowest BCUT2D eigenvalue weighted by atomic mass is 10.2. The Morgan fingerprint density at radius 3 is 2.56 bits per heavy atom. The van der Waals surface area contributed by atoms with Crippen molar-refractivity contribution >= 4 is 35.2 Å². The molecule has 0 spiro atoms. The van der Waals surface area contributed by atoms with E-state index >= 15 is 0 Å². The van der Waals surface area contributed by atoms with Crippen LogP contribution in [0.15, 0.2) is 76.2 Å². The molecule has 1 amide bonds. The number of thioether (sulfide) groups is 1. The SMILES string of the molecule is CC(=O)Nc1cc(CSc2ccccc2-c2nnc(Nc3ccc(C(F)(F)F)cc3)o2)ccn1. The Labute approximate surface area is 196 Å². The maximum absolute atomic E-state index is 12.7. The van der Waals surface area contributed by atoms with E-state index < -0.39 is 11.7 Å². The number of carbonyl (C=O) groups excluding carboxylic acids is 1. The molecular formula is C23H18F3N5O2S. The molecule has 2 N–H and O–H groups in total. The number of pyridine rings is 1. The zero-order valence-corrected chi connectivity index (χ0v) is 18.6. The predicted molar refractivity (Wildman–Crippen MR) is 123 cm³/mol. The number of carbonyl (C=O) groups is 1. The Bertz CT molecular complexity index is 1290. The molecule has 0 atom stereocenters. The van der Waals surface area contributed by atoms with Gasteiger partial charge in [0.15, 0.2) is 0 Å². The van der Waals surface area contributed by atoms with Crippen LogP contribution in [0.25, 0.3) is 11.5 Å². The third-order valence-corrected chi connectivity index (χ3v) is 5.67. The Morgan fingerprint density at radius 1 is 1.06 bits per heavy atom. The number of nitrogens with zero attached hydrogens (tertiary/aromatic N) is 3. The molecule has 4 rings (SSSR count). The lowest BCUT2D eigenvalue weighted by Gasteiger charge is -2.08. The van der Waals surface area contributed by atoms with Gasteiger partial charge in [-0.25, -0.2) is 4.98 Å². The van der Waals surface area contributed by atoms with Gasteiger partial charge in [-0.15, -0.1) is 16.9 Å². The largest absolute Gasteiger partial charge is 0.416 e. The second-order valence-electron chi connectivity index (χ2n) is 7.13. The Balaban J connectivity index is 1.46. The fourth-order valence-electron chi connectivity index (χ4n) is 2.99. The van der Waals surface area contributed by atoms with Crippen LogP contribution >= 0.6 is 11.8 Å². The third kappa shape index (κ3) is 5.93. The summed E-state index contributed by atoms with van der Waals surface area (Å²) in [4.78, 5) is 16.3. The summed E-state index contributed by atoms with van der Waals surface area (Å²) in [6.07, 6.45) is -2.77. The van der Waals surface area contributed by atoms with E-state index in [1.807, 2.05) is 30.3 Å². The lowest BCUT2D eigenvalue weighted by Crippen LogP contribution is -2.07. The standard InChI is InChI=1S/C23H18F3N5O2S/c1-14(32)28-20-12-15(10-11-27-20)13-34-19-5-3-2-4-18(19)21-30-31-22(33-21)29-17-8-6-16(7-9-17)23(24,25)26/h2-12H,13H2,1H3,(H,29,31)(H,27,28,32). The van der Waals surface area contributed by atoms with Gasteiger partial charge in [0.25, 0.3) is 5.89 Å². The fourth-order valence-corrected chi connectivity index (χ4v) is 3.98. The number of aromatic nitrogens is 3. The highest BCUT2D eigenvalue weighted by Crippen LogP contribution is 2.34. The second-order valence-corrected chi connectivity index (χ2v) is 8.15. The molecule has 2 aromatic carbocycles. The number of amides is 1. The van der Waals surface area contributed by atoms with Crippen LogP contribution in [0.5, 0.6) is 0 Å². The third-order valence-electron chi connectivity index (χ3n) is 4.53. The van der Waals surface area contributed by atoms with E-state index in [1.165, 1.54) is 19.1 Å². The molecule has 0 fully saturated rings. The van der Waals surface area contributed by atoms with Gasteiger partial charge in [0.05, 0.1) is 11.1 Å². The van der Waals surface area contributed by atoms with Gasteiger partial charge in [0.2, 0.25) is 5.91 Å². The number of halogens is 3. The van der Waals surface area contributed by atoms with Crippen molar-refractivity contribution in [1.29, 1.82) is 0 Å². The minimum Gasteiger partial charge on any atom is -0.403 e. The number of hydrogen-bond donors (Lipinski definition) is 2. The minimum atomic E-state index is -4.40. The predicted octanol–water partition coefficient (Wildman–Crippen LogP) is 6.14. The van der Waals surface area contributed by atoms with E-state index in [1.54, 1.807) is 24.0 Å². The molecule has 174 valence electrons. The molecular weight excluding hydrogens is 467 g/mol. The van der Waals surface area contributed by atoms with Crippen molar-refractivity contribution < 1.29 is 22.4 Å². The Hall–Kier alpha value is -3.86. The molecule has 0 radical (unpaired) electrons. The first-order chi connectivity index (χ1) is 16.3. The molecule has 0 aliphatic carbocycles. The molecule has 0 bridgehead atoms. The average Bonchev–Trinajstić information content (AvgIpc) is 3.26. The average molecular weight is 485 g/mol. The molecule has 7 nitrogen and oxygen atoms in total. The van der Waals surface area contributed by atoms with Gasteiger partial charge in [0.1, 0.15) is 5.82 Å². The van der Waals surface area contributed by atoms with Crippen molar-refractivity contribution in [1.82, 2.24) is 15.2 Å². The molecule has 2 heterocycles. The van der Waals surface area contributed by atoms with Crippen molar-refractivity contribution in [3.63, 3.8) is 0 Å². The van der Waals surface area contributed by atoms with Crippen LogP contribution in [0.2, 0.25) is 0 Å². The molecule has 4 aromatic rings. The van der Waals surface area contributed by atoms with Crippen LogP contribution in [0.1, 0.15) is 18.1 Å². The van der Waals surface area contributed by atoms with Gasteiger partial charge < -0.3 is 15.1 Å². The monoisotopic (exact) mass is 485 g/mol. The van der Waals surface area contributed by atoms with Gasteiger partial charge in [0, 0.05) is 29.5 Å². The Kier molecular flexibility index (Phi) is 6.82. The van der Waals surface area contributed by atoms with Crippen LogP contribution in [-0.2, 0) is 16.7 Å². The fraction of sp³-hybridized carbons (Fsp3) is 0.130. The second kappa shape index (κ2) is 9.96. The summed E-state index contributed by atoms with van der Waals surface area (Å²) in [7, 11) is 0. The summed E-state index contributed by atoms with van der Waals surface area (Å²) < 4.78 is 43.9. The number of anilines is 3. The van der Waals surface area contributed by atoms with Crippen molar-refractivity contribution in [3.05, 3.63) is 78.0 Å². The molecule has 0 saturated heterocycles. The first-order valence-electron chi connectivity index (χ1n) is 10.0. The highest BCUT2D eigenvalue weighted by atomic mass is 32.2. The molecule has 0 aliphatic rings. The van der Waals surface area contributed by atoms with E-state index in [-0.39, 0.29) is 17.8 Å². The van der Waals surface area contributed by atoms with Gasteiger partial charge in [-0.1, -0.05) is 17.2 Å². The topological polar surface area (TPSA) is 92.9 Å². The molecule has 34 heavy (non-hydrogen) atoms. The number of benzene rings is 2. The Morgan fingerprint density at radius 2 is 1.82 bits per heavy atom. The quantitative estimate of drug-likeness (QED) is 0.304. The van der Waals surface area contributed by atoms with Crippen molar-refractivity contribution in [2.75, 3.05) is 10.6 Å². The lowest BCUT2D eigenvalue weighted by molar-refractivity contribution is -0.137. The van der Waals surface area contributed by atoms with Crippen LogP contribution in [0, 0.1) is 0 Å². The van der Waals surface area contributed by atoms with Gasteiger partial charge in [-0.3, -0.25) is 4.79 Å². The van der Waals surface area contributed by atoms with E-state index in [4.69, 9.17) is 4.42 Å². The van der Waals surface area contributed by atoms with Gasteiger partial charge in [-0.2, -0.15) is 13.2 Å². The first kappa shape index (κ1) is 23.3. The number of hydrogen-bond acceptors (Lipinski definition) is 7. The van der Waals surface area contributed by atoms with Crippen molar-refractivity contribution in [3.8, 4) is 11.5 Å². The number of alkyl halides is 3. The summed E-state index contributed by atoms with van der Waals surface area (Å²) in [6, 6.07) is 15.7. The highest BCUT2D eigenvalue weighted by Gasteiger charge is 2.30. The summed E-state index contributed by atoms with van der Waals surface area (Å²) >= 11 is 1.54. The minimum absolute atomic E-state index is 0.0589. The zero-order valence-electron chi connectivity index (χ0n) is 17.8. The summed E-state index contributed by atoms with van der Waals surface area (Å²) in [6.45, 7) is 1.42. The molecule has 11 heteroatoms. The van der Waals surface area contributed by atoms with Crippen LogP contribution in [0.4, 0.5) is 30.7 Å². The van der Waals surface area contributed by atoms with E-state index in [9.17, 15) is 18.0 Å². The van der Waals surface area contributed by atoms with E-state index in [0.29, 0.717) is 17.3 Å². The summed E-state index contributed by atoms with van der Waals surface area (Å²) in [5, 5.41) is 13.5. The normalized spacial score (nSPS) is 11.3. The summed E-state index contributed by atoms with van der Waals surface area (Å²) in [5.41, 5.74) is 1.33. The summed E-state index contributed by atoms with van der Waals surface area (Å²) in [5.74, 6) is 1.16. The van der Waals surface area contributed by atoms with E-state index in [0.717, 1.165) is 28.2 Å². The molecule has 0 unspecified atom stereocenters. The smallest absolute Gasteiger partial charge is 0.403 e. The van der Waals surface area contributed by atoms with Crippen molar-refractivity contribution in [2.24, 2.45) is 0 Å². The number of nitrogens with one attached hydrogen (secondary N) is 2. The first-order valence-corrected chi connectivity index (χ1v) is 11.0. The van der Waals surface area contributed by atoms with Gasteiger partial charge >= 0.3 is 12.2 Å². The highest BCUT2D eigenvalue weighted by molar-refractivity contribution is 7.98. The maximum atomic E-state index is 12.7. The van der Waals surface area contributed by atoms with Crippen LogP contribution in [-0.4, -0.2) is 21.1 Å².